The highest BCUT2D eigenvalue weighted by atomic mass is 16.5. The van der Waals surface area contributed by atoms with Crippen LogP contribution in [0.25, 0.3) is 0 Å². The highest BCUT2D eigenvalue weighted by Gasteiger charge is 2.37. The first-order chi connectivity index (χ1) is 6.22. The standard InChI is InChI=1S/C9H9NO3/c1-13-5-2-3-6-7(4-5)10-9(12)8(6)11/h2,4,6H,3H2,1H3,(H,10,12). The molecule has 0 aromatic heterocycles. The second kappa shape index (κ2) is 2.73. The van der Waals surface area contributed by atoms with Crippen LogP contribution >= 0.6 is 0 Å². The third-order valence-corrected chi connectivity index (χ3v) is 2.26. The Balaban J connectivity index is 2.29. The fourth-order valence-electron chi connectivity index (χ4n) is 1.54. The van der Waals surface area contributed by atoms with Crippen molar-refractivity contribution in [1.82, 2.24) is 5.32 Å². The number of nitrogens with one attached hydrogen (secondary N) is 1. The minimum Gasteiger partial charge on any atom is -0.497 e. The Hall–Kier alpha value is -1.58. The van der Waals surface area contributed by atoms with Crippen LogP contribution in [0.5, 0.6) is 0 Å². The van der Waals surface area contributed by atoms with Gasteiger partial charge in [0.25, 0.3) is 5.91 Å². The summed E-state index contributed by atoms with van der Waals surface area (Å²) in [7, 11) is 1.56. The van der Waals surface area contributed by atoms with Crippen molar-refractivity contribution < 1.29 is 14.3 Å². The molecule has 2 rings (SSSR count). The molecule has 1 saturated heterocycles. The molecule has 0 spiro atoms. The lowest BCUT2D eigenvalue weighted by molar-refractivity contribution is -0.136. The molecule has 4 nitrogen and oxygen atoms in total. The lowest BCUT2D eigenvalue weighted by Crippen LogP contribution is -2.18. The van der Waals surface area contributed by atoms with Crippen molar-refractivity contribution in [3.63, 3.8) is 0 Å². The number of allylic oxidation sites excluding steroid dienone is 3. The highest BCUT2D eigenvalue weighted by molar-refractivity contribution is 6.40. The van der Waals surface area contributed by atoms with E-state index in [0.717, 1.165) is 0 Å². The first-order valence-corrected chi connectivity index (χ1v) is 4.03. The van der Waals surface area contributed by atoms with Crippen LogP contribution < -0.4 is 5.32 Å². The number of fused-ring (bicyclic) bond motifs is 1. The summed E-state index contributed by atoms with van der Waals surface area (Å²) < 4.78 is 4.99. The van der Waals surface area contributed by atoms with Crippen molar-refractivity contribution in [2.75, 3.05) is 7.11 Å². The summed E-state index contributed by atoms with van der Waals surface area (Å²) in [5.41, 5.74) is 0.661. The molecule has 0 bridgehead atoms. The predicted octanol–water partition coefficient (Wildman–Crippen LogP) is 0.119. The number of carbonyl (C=O) groups is 2. The monoisotopic (exact) mass is 179 g/mol. The van der Waals surface area contributed by atoms with E-state index in [0.29, 0.717) is 17.9 Å². The molecule has 1 fully saturated rings. The van der Waals surface area contributed by atoms with Gasteiger partial charge < -0.3 is 10.1 Å². The summed E-state index contributed by atoms with van der Waals surface area (Å²) in [4.78, 5) is 22.2. The molecule has 13 heavy (non-hydrogen) atoms. The van der Waals surface area contributed by atoms with Crippen molar-refractivity contribution in [2.45, 2.75) is 6.42 Å². The van der Waals surface area contributed by atoms with Crippen LogP contribution in [-0.4, -0.2) is 18.8 Å². The van der Waals surface area contributed by atoms with E-state index >= 15 is 0 Å². The lowest BCUT2D eigenvalue weighted by atomic mass is 9.95. The van der Waals surface area contributed by atoms with E-state index in [1.807, 2.05) is 6.08 Å². The number of carbonyl (C=O) groups excluding carboxylic acids is 2. The van der Waals surface area contributed by atoms with E-state index < -0.39 is 5.91 Å². The number of hydrogen-bond donors (Lipinski definition) is 1. The second-order valence-electron chi connectivity index (χ2n) is 3.02. The quantitative estimate of drug-likeness (QED) is 0.581. The number of methoxy groups -OCH3 is 1. The molecule has 1 amide bonds. The van der Waals surface area contributed by atoms with Gasteiger partial charge in [0.05, 0.1) is 13.0 Å². The maximum atomic E-state index is 11.2. The van der Waals surface area contributed by atoms with Crippen LogP contribution in [0.2, 0.25) is 0 Å². The van der Waals surface area contributed by atoms with E-state index in [2.05, 4.69) is 5.32 Å². The normalized spacial score (nSPS) is 26.1. The summed E-state index contributed by atoms with van der Waals surface area (Å²) >= 11 is 0. The van der Waals surface area contributed by atoms with Crippen LogP contribution in [0.4, 0.5) is 0 Å². The van der Waals surface area contributed by atoms with Gasteiger partial charge in [-0.05, 0) is 18.6 Å². The van der Waals surface area contributed by atoms with Gasteiger partial charge in [-0.1, -0.05) is 0 Å². The lowest BCUT2D eigenvalue weighted by Gasteiger charge is -2.13. The zero-order valence-corrected chi connectivity index (χ0v) is 7.16. The fourth-order valence-corrected chi connectivity index (χ4v) is 1.54. The molecule has 1 atom stereocenters. The molecule has 1 N–H and O–H groups in total. The van der Waals surface area contributed by atoms with E-state index in [9.17, 15) is 9.59 Å². The minimum absolute atomic E-state index is 0.300. The Kier molecular flexibility index (Phi) is 1.69. The van der Waals surface area contributed by atoms with Gasteiger partial charge in [-0.25, -0.2) is 0 Å². The largest absolute Gasteiger partial charge is 0.497 e. The molecule has 0 radical (unpaired) electrons. The smallest absolute Gasteiger partial charge is 0.292 e. The molecule has 1 unspecified atom stereocenters. The van der Waals surface area contributed by atoms with Gasteiger partial charge in [0, 0.05) is 5.70 Å². The van der Waals surface area contributed by atoms with Crippen LogP contribution in [-0.2, 0) is 14.3 Å². The van der Waals surface area contributed by atoms with Crippen LogP contribution in [0, 0.1) is 5.92 Å². The molecule has 1 heterocycles. The van der Waals surface area contributed by atoms with Gasteiger partial charge >= 0.3 is 0 Å². The Labute approximate surface area is 75.3 Å². The number of ether oxygens (including phenoxy) is 1. The highest BCUT2D eigenvalue weighted by Crippen LogP contribution is 2.27. The zero-order chi connectivity index (χ0) is 9.42. The van der Waals surface area contributed by atoms with Crippen LogP contribution in [0.15, 0.2) is 23.6 Å². The van der Waals surface area contributed by atoms with Crippen molar-refractivity contribution in [3.05, 3.63) is 23.6 Å². The maximum Gasteiger partial charge on any atom is 0.292 e. The molecule has 68 valence electrons. The molecule has 4 heteroatoms. The average Bonchev–Trinajstić information content (AvgIpc) is 2.42. The van der Waals surface area contributed by atoms with E-state index in [4.69, 9.17) is 4.74 Å². The minimum atomic E-state index is -0.512. The summed E-state index contributed by atoms with van der Waals surface area (Å²) in [5.74, 6) is -0.465. The summed E-state index contributed by atoms with van der Waals surface area (Å²) in [6, 6.07) is 0. The van der Waals surface area contributed by atoms with Gasteiger partial charge in [0.1, 0.15) is 5.76 Å². The van der Waals surface area contributed by atoms with Gasteiger partial charge in [-0.3, -0.25) is 9.59 Å². The first kappa shape index (κ1) is 8.04. The third-order valence-electron chi connectivity index (χ3n) is 2.26. The summed E-state index contributed by atoms with van der Waals surface area (Å²) in [6.07, 6.45) is 4.05. The number of hydrogen-bond acceptors (Lipinski definition) is 3. The van der Waals surface area contributed by atoms with Gasteiger partial charge in [-0.15, -0.1) is 0 Å². The summed E-state index contributed by atoms with van der Waals surface area (Å²) in [6.45, 7) is 0. The molecule has 0 saturated carbocycles. The van der Waals surface area contributed by atoms with Gasteiger partial charge in [0.2, 0.25) is 5.78 Å². The van der Waals surface area contributed by atoms with E-state index in [-0.39, 0.29) is 11.7 Å². The Morgan fingerprint density at radius 1 is 1.54 bits per heavy atom. The van der Waals surface area contributed by atoms with Crippen LogP contribution in [0.3, 0.4) is 0 Å². The van der Waals surface area contributed by atoms with Crippen molar-refractivity contribution >= 4 is 11.7 Å². The van der Waals surface area contributed by atoms with Crippen molar-refractivity contribution in [3.8, 4) is 0 Å². The SMILES string of the molecule is COC1=CCC2C(=O)C(=O)NC2=C1. The molecule has 1 aliphatic heterocycles. The van der Waals surface area contributed by atoms with E-state index in [1.54, 1.807) is 13.2 Å². The zero-order valence-electron chi connectivity index (χ0n) is 7.16. The number of amides is 1. The Morgan fingerprint density at radius 2 is 2.31 bits per heavy atom. The fraction of sp³-hybridized carbons (Fsp3) is 0.333. The Bertz CT molecular complexity index is 341. The molecule has 2 aliphatic rings. The number of rotatable bonds is 1. The van der Waals surface area contributed by atoms with Crippen LogP contribution in [0.1, 0.15) is 6.42 Å². The third kappa shape index (κ3) is 1.14. The number of ketones is 1. The van der Waals surface area contributed by atoms with Crippen molar-refractivity contribution in [2.24, 2.45) is 5.92 Å². The van der Waals surface area contributed by atoms with Gasteiger partial charge in [0.15, 0.2) is 0 Å². The van der Waals surface area contributed by atoms with E-state index in [1.165, 1.54) is 0 Å². The molecular weight excluding hydrogens is 170 g/mol. The molecular formula is C9H9NO3. The second-order valence-corrected chi connectivity index (χ2v) is 3.02. The topological polar surface area (TPSA) is 55.4 Å². The Morgan fingerprint density at radius 3 is 3.00 bits per heavy atom. The summed E-state index contributed by atoms with van der Waals surface area (Å²) in [5, 5.41) is 2.52. The van der Waals surface area contributed by atoms with Gasteiger partial charge in [-0.2, -0.15) is 0 Å². The first-order valence-electron chi connectivity index (χ1n) is 4.03. The molecule has 0 aromatic rings. The predicted molar refractivity (Wildman–Crippen MR) is 44.4 cm³/mol. The molecule has 0 aromatic carbocycles. The number of Topliss-reactive ketones (excluding diaryl/α,β-unsaturated/α-hetero) is 1. The average molecular weight is 179 g/mol. The maximum absolute atomic E-state index is 11.2. The van der Waals surface area contributed by atoms with Crippen molar-refractivity contribution in [1.29, 1.82) is 0 Å². The molecule has 1 aliphatic carbocycles.